The molecule has 0 aromatic heterocycles. The average molecular weight is 385 g/mol. The van der Waals surface area contributed by atoms with Crippen molar-refractivity contribution in [1.29, 1.82) is 0 Å². The molecule has 4 rings (SSSR count). The number of thioether (sulfide) groups is 2. The summed E-state index contributed by atoms with van der Waals surface area (Å²) in [5.74, 6) is 3.51. The highest BCUT2D eigenvalue weighted by Crippen LogP contribution is 2.54. The van der Waals surface area contributed by atoms with Gasteiger partial charge >= 0.3 is 0 Å². The summed E-state index contributed by atoms with van der Waals surface area (Å²) in [6, 6.07) is 0. The Morgan fingerprint density at radius 3 is 1.52 bits per heavy atom. The van der Waals surface area contributed by atoms with E-state index < -0.39 is 8.07 Å². The summed E-state index contributed by atoms with van der Waals surface area (Å²) < 4.78 is 0. The van der Waals surface area contributed by atoms with Crippen LogP contribution >= 0.6 is 23.5 Å². The van der Waals surface area contributed by atoms with Crippen LogP contribution in [0, 0.1) is 11.8 Å². The number of hydrogen-bond acceptors (Lipinski definition) is 2. The maximum atomic E-state index is 2.60. The van der Waals surface area contributed by atoms with E-state index in [1.807, 2.05) is 23.5 Å². The van der Waals surface area contributed by atoms with Gasteiger partial charge in [-0.1, -0.05) is 52.9 Å². The summed E-state index contributed by atoms with van der Waals surface area (Å²) >= 11 is 4.05. The van der Waals surface area contributed by atoms with Gasteiger partial charge in [0.1, 0.15) is 8.07 Å². The molecule has 0 aromatic carbocycles. The molecule has 4 aliphatic rings. The number of rotatable bonds is 4. The minimum atomic E-state index is -1.77. The van der Waals surface area contributed by atoms with Crippen LogP contribution in [-0.2, 0) is 0 Å². The molecule has 0 radical (unpaired) electrons. The molecular weight excluding hydrogens is 356 g/mol. The van der Waals surface area contributed by atoms with Gasteiger partial charge in [0.2, 0.25) is 0 Å². The lowest BCUT2D eigenvalue weighted by molar-refractivity contribution is 0.788. The molecule has 0 nitrogen and oxygen atoms in total. The lowest BCUT2D eigenvalue weighted by Crippen LogP contribution is -2.35. The molecule has 132 valence electrons. The van der Waals surface area contributed by atoms with E-state index in [1.165, 1.54) is 9.81 Å². The van der Waals surface area contributed by atoms with Gasteiger partial charge in [-0.05, 0) is 56.7 Å². The van der Waals surface area contributed by atoms with Crippen molar-refractivity contribution in [3.05, 3.63) is 66.8 Å². The molecule has 0 N–H and O–H groups in total. The molecule has 0 saturated carbocycles. The third-order valence-corrected chi connectivity index (χ3v) is 11.3. The van der Waals surface area contributed by atoms with E-state index in [2.05, 4.69) is 65.1 Å². The second-order valence-corrected chi connectivity index (χ2v) is 14.8. The predicted molar refractivity (Wildman–Crippen MR) is 118 cm³/mol. The highest BCUT2D eigenvalue weighted by Gasteiger charge is 2.44. The third kappa shape index (κ3) is 2.65. The fourth-order valence-corrected chi connectivity index (χ4v) is 11.0. The van der Waals surface area contributed by atoms with E-state index >= 15 is 0 Å². The SMILES string of the molecule is CC(C)C1=C([Si](C)(C)C2=C(C(C)C)C=C3SCC=C32)C2=CCSC2=C1. The van der Waals surface area contributed by atoms with E-state index in [9.17, 15) is 0 Å². The molecule has 0 atom stereocenters. The molecule has 0 fully saturated rings. The summed E-state index contributed by atoms with van der Waals surface area (Å²) in [6.07, 6.45) is 10.0. The third-order valence-electron chi connectivity index (χ3n) is 5.77. The maximum Gasteiger partial charge on any atom is 0.114 e. The number of allylic oxidation sites excluding steroid dienone is 8. The molecule has 2 aliphatic heterocycles. The van der Waals surface area contributed by atoms with Crippen LogP contribution in [0.15, 0.2) is 66.8 Å². The quantitative estimate of drug-likeness (QED) is 0.488. The van der Waals surface area contributed by atoms with Crippen molar-refractivity contribution in [2.45, 2.75) is 40.8 Å². The van der Waals surface area contributed by atoms with Crippen molar-refractivity contribution < 1.29 is 0 Å². The van der Waals surface area contributed by atoms with E-state index in [-0.39, 0.29) is 0 Å². The van der Waals surface area contributed by atoms with Crippen molar-refractivity contribution >= 4 is 31.6 Å². The van der Waals surface area contributed by atoms with Gasteiger partial charge in [-0.2, -0.15) is 0 Å². The van der Waals surface area contributed by atoms with Gasteiger partial charge in [-0.3, -0.25) is 0 Å². The van der Waals surface area contributed by atoms with Crippen LogP contribution in [0.25, 0.3) is 0 Å². The maximum absolute atomic E-state index is 2.60. The summed E-state index contributed by atoms with van der Waals surface area (Å²) in [4.78, 5) is 3.07. The Hall–Kier alpha value is -0.643. The van der Waals surface area contributed by atoms with Gasteiger partial charge in [-0.15, -0.1) is 23.5 Å². The highest BCUT2D eigenvalue weighted by molar-refractivity contribution is 8.04. The van der Waals surface area contributed by atoms with Gasteiger partial charge in [0.05, 0.1) is 0 Å². The fraction of sp³-hybridized carbons (Fsp3) is 0.455. The Labute approximate surface area is 162 Å². The molecule has 0 amide bonds. The van der Waals surface area contributed by atoms with E-state index in [4.69, 9.17) is 0 Å². The first-order chi connectivity index (χ1) is 11.8. The Balaban J connectivity index is 1.90. The second kappa shape index (κ2) is 6.21. The van der Waals surface area contributed by atoms with E-state index in [0.717, 1.165) is 11.5 Å². The van der Waals surface area contributed by atoms with Gasteiger partial charge in [0.25, 0.3) is 0 Å². The molecule has 25 heavy (non-hydrogen) atoms. The first-order valence-corrected chi connectivity index (χ1v) is 14.4. The Morgan fingerprint density at radius 1 is 0.760 bits per heavy atom. The molecule has 0 spiro atoms. The first-order valence-electron chi connectivity index (χ1n) is 9.42. The van der Waals surface area contributed by atoms with Crippen molar-refractivity contribution in [3.63, 3.8) is 0 Å². The van der Waals surface area contributed by atoms with Crippen LogP contribution in [-0.4, -0.2) is 19.6 Å². The predicted octanol–water partition coefficient (Wildman–Crippen LogP) is 6.82. The Bertz CT molecular complexity index is 758. The standard InChI is InChI=1S/C22H28S2Si/c1-13(2)17-11-19-15(7-9-23-19)21(17)25(5,6)22-16-8-10-24-20(16)12-18(22)14(3)4/h7-8,11-14H,9-10H2,1-6H3. The molecule has 0 aromatic rings. The normalized spacial score (nSPS) is 22.7. The lowest BCUT2D eigenvalue weighted by atomic mass is 10.0. The van der Waals surface area contributed by atoms with Crippen LogP contribution in [0.3, 0.4) is 0 Å². The van der Waals surface area contributed by atoms with Gasteiger partial charge in [0.15, 0.2) is 0 Å². The highest BCUT2D eigenvalue weighted by atomic mass is 32.2. The summed E-state index contributed by atoms with van der Waals surface area (Å²) in [7, 11) is -1.77. The van der Waals surface area contributed by atoms with Crippen LogP contribution in [0.1, 0.15) is 27.7 Å². The van der Waals surface area contributed by atoms with E-state index in [1.54, 1.807) is 32.7 Å². The largest absolute Gasteiger partial charge is 0.121 e. The van der Waals surface area contributed by atoms with Crippen molar-refractivity contribution in [2.75, 3.05) is 11.5 Å². The molecule has 0 unspecified atom stereocenters. The van der Waals surface area contributed by atoms with Crippen LogP contribution in [0.5, 0.6) is 0 Å². The van der Waals surface area contributed by atoms with Crippen LogP contribution in [0.4, 0.5) is 0 Å². The smallest absolute Gasteiger partial charge is 0.114 e. The molecule has 2 heterocycles. The van der Waals surface area contributed by atoms with E-state index in [0.29, 0.717) is 11.8 Å². The zero-order valence-corrected chi connectivity index (χ0v) is 18.8. The first kappa shape index (κ1) is 17.8. The van der Waals surface area contributed by atoms with Crippen molar-refractivity contribution in [2.24, 2.45) is 11.8 Å². The van der Waals surface area contributed by atoms with Gasteiger partial charge in [0, 0.05) is 21.3 Å². The zero-order valence-electron chi connectivity index (χ0n) is 16.2. The van der Waals surface area contributed by atoms with Gasteiger partial charge in [-0.25, -0.2) is 0 Å². The minimum Gasteiger partial charge on any atom is -0.121 e. The molecule has 2 aliphatic carbocycles. The van der Waals surface area contributed by atoms with Crippen molar-refractivity contribution in [1.82, 2.24) is 0 Å². The topological polar surface area (TPSA) is 0 Å². The molecule has 0 bridgehead atoms. The lowest BCUT2D eigenvalue weighted by Gasteiger charge is -2.32. The number of fused-ring (bicyclic) bond motifs is 2. The number of hydrogen-bond donors (Lipinski definition) is 0. The Kier molecular flexibility index (Phi) is 4.41. The van der Waals surface area contributed by atoms with Crippen molar-refractivity contribution in [3.8, 4) is 0 Å². The van der Waals surface area contributed by atoms with Gasteiger partial charge < -0.3 is 0 Å². The monoisotopic (exact) mass is 384 g/mol. The fourth-order valence-electron chi connectivity index (χ4n) is 4.64. The summed E-state index contributed by atoms with van der Waals surface area (Å²) in [5.41, 5.74) is 6.39. The van der Waals surface area contributed by atoms with Crippen LogP contribution in [0.2, 0.25) is 13.1 Å². The molecular formula is C22H28S2Si. The Morgan fingerprint density at radius 2 is 1.16 bits per heavy atom. The molecule has 0 saturated heterocycles. The summed E-state index contributed by atoms with van der Waals surface area (Å²) in [6.45, 7) is 14.7. The minimum absolute atomic E-state index is 0.602. The van der Waals surface area contributed by atoms with Crippen LogP contribution < -0.4 is 0 Å². The second-order valence-electron chi connectivity index (χ2n) is 8.47. The zero-order chi connectivity index (χ0) is 17.9. The average Bonchev–Trinajstić information content (AvgIpc) is 3.24. The summed E-state index contributed by atoms with van der Waals surface area (Å²) in [5, 5.41) is 3.45. The molecule has 3 heteroatoms.